The van der Waals surface area contributed by atoms with E-state index in [2.05, 4.69) is 10.1 Å². The van der Waals surface area contributed by atoms with Crippen molar-refractivity contribution in [2.75, 3.05) is 0 Å². The van der Waals surface area contributed by atoms with Crippen LogP contribution in [-0.2, 0) is 13.6 Å². The van der Waals surface area contributed by atoms with Gasteiger partial charge in [-0.15, -0.1) is 0 Å². The summed E-state index contributed by atoms with van der Waals surface area (Å²) in [5.74, 6) is 0. The predicted molar refractivity (Wildman–Crippen MR) is 57.1 cm³/mol. The average molecular weight is 205 g/mol. The molecule has 0 aromatic carbocycles. The molecule has 0 radical (unpaired) electrons. The molecule has 2 aromatic heterocycles. The van der Waals surface area contributed by atoms with Crippen LogP contribution in [0, 0.1) is 0 Å². The lowest BCUT2D eigenvalue weighted by Crippen LogP contribution is -2.12. The van der Waals surface area contributed by atoms with Crippen molar-refractivity contribution in [2.45, 2.75) is 19.5 Å². The third-order valence-electron chi connectivity index (χ3n) is 2.31. The Kier molecular flexibility index (Phi) is 2.55. The van der Waals surface area contributed by atoms with Crippen LogP contribution in [0.15, 0.2) is 24.8 Å². The minimum Gasteiger partial charge on any atom is -0.327 e. The maximum absolute atomic E-state index is 5.83. The second-order valence-corrected chi connectivity index (χ2v) is 3.72. The Labute approximate surface area is 88.5 Å². The van der Waals surface area contributed by atoms with Crippen LogP contribution in [0.2, 0.25) is 0 Å². The number of rotatable bonds is 3. The van der Waals surface area contributed by atoms with E-state index in [1.807, 2.05) is 30.8 Å². The van der Waals surface area contributed by atoms with Crippen molar-refractivity contribution in [3.8, 4) is 0 Å². The largest absolute Gasteiger partial charge is 0.327 e. The Morgan fingerprint density at radius 1 is 1.53 bits per heavy atom. The van der Waals surface area contributed by atoms with Crippen molar-refractivity contribution in [3.05, 3.63) is 36.2 Å². The Morgan fingerprint density at radius 2 is 2.33 bits per heavy atom. The van der Waals surface area contributed by atoms with E-state index in [1.165, 1.54) is 0 Å². The summed E-state index contributed by atoms with van der Waals surface area (Å²) in [6.45, 7) is 2.67. The maximum Gasteiger partial charge on any atom is 0.0952 e. The first kappa shape index (κ1) is 9.92. The standard InChI is InChI=1S/C10H15N5/c1-8(11)10-5-12-7-15(10)6-9-3-4-14(2)13-9/h3-5,7-8H,6,11H2,1-2H3/t8-/m0/s1. The van der Waals surface area contributed by atoms with Crippen molar-refractivity contribution in [1.29, 1.82) is 0 Å². The number of hydrogen-bond donors (Lipinski definition) is 1. The molecular formula is C10H15N5. The highest BCUT2D eigenvalue weighted by molar-refractivity contribution is 5.07. The third kappa shape index (κ3) is 2.07. The number of aryl methyl sites for hydroxylation is 1. The monoisotopic (exact) mass is 205 g/mol. The minimum atomic E-state index is -0.00351. The van der Waals surface area contributed by atoms with Crippen molar-refractivity contribution in [2.24, 2.45) is 12.8 Å². The van der Waals surface area contributed by atoms with Gasteiger partial charge in [-0.1, -0.05) is 0 Å². The van der Waals surface area contributed by atoms with E-state index in [-0.39, 0.29) is 6.04 Å². The summed E-state index contributed by atoms with van der Waals surface area (Å²) in [5, 5.41) is 4.31. The van der Waals surface area contributed by atoms with Gasteiger partial charge in [-0.2, -0.15) is 5.10 Å². The SMILES string of the molecule is C[C@H](N)c1cncn1Cc1ccn(C)n1. The predicted octanol–water partition coefficient (Wildman–Crippen LogP) is 0.685. The van der Waals surface area contributed by atoms with E-state index in [0.29, 0.717) is 0 Å². The smallest absolute Gasteiger partial charge is 0.0952 e. The number of aromatic nitrogens is 4. The van der Waals surface area contributed by atoms with Gasteiger partial charge in [-0.3, -0.25) is 4.68 Å². The van der Waals surface area contributed by atoms with Gasteiger partial charge >= 0.3 is 0 Å². The molecule has 2 aromatic rings. The molecule has 15 heavy (non-hydrogen) atoms. The maximum atomic E-state index is 5.83. The van der Waals surface area contributed by atoms with E-state index < -0.39 is 0 Å². The molecule has 5 heteroatoms. The molecule has 0 aliphatic carbocycles. The summed E-state index contributed by atoms with van der Waals surface area (Å²) in [4.78, 5) is 4.09. The molecule has 0 spiro atoms. The molecule has 0 aliphatic rings. The third-order valence-corrected chi connectivity index (χ3v) is 2.31. The highest BCUT2D eigenvalue weighted by Gasteiger charge is 2.07. The van der Waals surface area contributed by atoms with E-state index in [1.54, 1.807) is 17.2 Å². The molecular weight excluding hydrogens is 190 g/mol. The zero-order valence-corrected chi connectivity index (χ0v) is 8.96. The fourth-order valence-electron chi connectivity index (χ4n) is 1.56. The van der Waals surface area contributed by atoms with Gasteiger partial charge in [-0.25, -0.2) is 4.98 Å². The first-order chi connectivity index (χ1) is 7.16. The normalized spacial score (nSPS) is 13.0. The van der Waals surface area contributed by atoms with Crippen molar-refractivity contribution in [1.82, 2.24) is 19.3 Å². The summed E-state index contributed by atoms with van der Waals surface area (Å²) >= 11 is 0. The molecule has 0 amide bonds. The number of hydrogen-bond acceptors (Lipinski definition) is 3. The van der Waals surface area contributed by atoms with E-state index in [0.717, 1.165) is 17.9 Å². The summed E-state index contributed by atoms with van der Waals surface area (Å²) in [6, 6.07) is 1.99. The van der Waals surface area contributed by atoms with Crippen LogP contribution in [0.3, 0.4) is 0 Å². The van der Waals surface area contributed by atoms with Gasteiger partial charge in [0.1, 0.15) is 0 Å². The van der Waals surface area contributed by atoms with E-state index >= 15 is 0 Å². The molecule has 2 heterocycles. The van der Waals surface area contributed by atoms with Crippen LogP contribution < -0.4 is 5.73 Å². The summed E-state index contributed by atoms with van der Waals surface area (Å²) in [6.07, 6.45) is 5.51. The van der Waals surface area contributed by atoms with Gasteiger partial charge in [0.05, 0.1) is 24.3 Å². The molecule has 5 nitrogen and oxygen atoms in total. The molecule has 0 saturated carbocycles. The topological polar surface area (TPSA) is 61.7 Å². The molecule has 2 rings (SSSR count). The summed E-state index contributed by atoms with van der Waals surface area (Å²) < 4.78 is 3.81. The highest BCUT2D eigenvalue weighted by atomic mass is 15.3. The van der Waals surface area contributed by atoms with E-state index in [4.69, 9.17) is 5.73 Å². The van der Waals surface area contributed by atoms with Gasteiger partial charge in [0.2, 0.25) is 0 Å². The second-order valence-electron chi connectivity index (χ2n) is 3.72. The fraction of sp³-hybridized carbons (Fsp3) is 0.400. The van der Waals surface area contributed by atoms with Gasteiger partial charge in [0.15, 0.2) is 0 Å². The zero-order chi connectivity index (χ0) is 10.8. The average Bonchev–Trinajstić information content (AvgIpc) is 2.75. The van der Waals surface area contributed by atoms with Crippen molar-refractivity contribution < 1.29 is 0 Å². The Bertz CT molecular complexity index is 440. The van der Waals surface area contributed by atoms with Crippen LogP contribution in [-0.4, -0.2) is 19.3 Å². The van der Waals surface area contributed by atoms with Crippen LogP contribution in [0.5, 0.6) is 0 Å². The lowest BCUT2D eigenvalue weighted by atomic mass is 10.2. The molecule has 0 unspecified atom stereocenters. The van der Waals surface area contributed by atoms with Crippen LogP contribution in [0.25, 0.3) is 0 Å². The first-order valence-corrected chi connectivity index (χ1v) is 4.91. The number of imidazole rings is 1. The Morgan fingerprint density at radius 3 is 2.93 bits per heavy atom. The molecule has 0 saturated heterocycles. The van der Waals surface area contributed by atoms with Crippen molar-refractivity contribution in [3.63, 3.8) is 0 Å². The molecule has 80 valence electrons. The minimum absolute atomic E-state index is 0.00351. The van der Waals surface area contributed by atoms with Gasteiger partial charge in [-0.05, 0) is 13.0 Å². The Hall–Kier alpha value is -1.62. The van der Waals surface area contributed by atoms with Gasteiger partial charge < -0.3 is 10.3 Å². The summed E-state index contributed by atoms with van der Waals surface area (Å²) in [7, 11) is 1.91. The Balaban J connectivity index is 2.20. The van der Waals surface area contributed by atoms with Crippen LogP contribution in [0.1, 0.15) is 24.4 Å². The molecule has 2 N–H and O–H groups in total. The molecule has 0 bridgehead atoms. The van der Waals surface area contributed by atoms with E-state index in [9.17, 15) is 0 Å². The van der Waals surface area contributed by atoms with Crippen molar-refractivity contribution >= 4 is 0 Å². The number of nitrogens with zero attached hydrogens (tertiary/aromatic N) is 4. The van der Waals surface area contributed by atoms with Gasteiger partial charge in [0, 0.05) is 25.5 Å². The molecule has 0 aliphatic heterocycles. The zero-order valence-electron chi connectivity index (χ0n) is 8.96. The number of nitrogens with two attached hydrogens (primary N) is 1. The lowest BCUT2D eigenvalue weighted by molar-refractivity contribution is 0.650. The van der Waals surface area contributed by atoms with Crippen LogP contribution in [0.4, 0.5) is 0 Å². The van der Waals surface area contributed by atoms with Gasteiger partial charge in [0.25, 0.3) is 0 Å². The van der Waals surface area contributed by atoms with Crippen LogP contribution >= 0.6 is 0 Å². The quantitative estimate of drug-likeness (QED) is 0.801. The summed E-state index contributed by atoms with van der Waals surface area (Å²) in [5.41, 5.74) is 7.87. The lowest BCUT2D eigenvalue weighted by Gasteiger charge is -2.08. The first-order valence-electron chi connectivity index (χ1n) is 4.91. The second kappa shape index (κ2) is 3.86. The molecule has 0 fully saturated rings. The molecule has 1 atom stereocenters. The highest BCUT2D eigenvalue weighted by Crippen LogP contribution is 2.10. The fourth-order valence-corrected chi connectivity index (χ4v) is 1.56.